The van der Waals surface area contributed by atoms with Gasteiger partial charge in [-0.25, -0.2) is 0 Å². The van der Waals surface area contributed by atoms with Gasteiger partial charge in [-0.15, -0.1) is 0 Å². The van der Waals surface area contributed by atoms with Crippen LogP contribution in [0.1, 0.15) is 10.6 Å². The van der Waals surface area contributed by atoms with E-state index in [1.165, 1.54) is 0 Å². The molecule has 1 amide bonds. The number of thiocarbonyl (C=S) groups is 1. The number of benzene rings is 2. The summed E-state index contributed by atoms with van der Waals surface area (Å²) in [5.41, 5.74) is 2.51. The van der Waals surface area contributed by atoms with Gasteiger partial charge in [0.1, 0.15) is 5.76 Å². The standard InChI is InChI=1S/C23H22Cl2N4O2S/c1-28-10-12-29(13-11-28)19-7-6-17(14-18(19)25)26-23(32)27-22(30)21-9-8-20(31-21)15-2-4-16(24)5-3-15/h2-9,14H,10-13H2,1H3,(H2,26,27,30,32). The minimum absolute atomic E-state index is 0.155. The maximum atomic E-state index is 12.5. The van der Waals surface area contributed by atoms with E-state index in [0.717, 1.165) is 37.4 Å². The van der Waals surface area contributed by atoms with E-state index in [9.17, 15) is 4.79 Å². The van der Waals surface area contributed by atoms with Crippen LogP contribution in [0.3, 0.4) is 0 Å². The minimum atomic E-state index is -0.442. The van der Waals surface area contributed by atoms with Crippen molar-refractivity contribution >= 4 is 57.8 Å². The fourth-order valence-corrected chi connectivity index (χ4v) is 4.08. The van der Waals surface area contributed by atoms with Gasteiger partial charge in [0.15, 0.2) is 10.9 Å². The molecule has 1 aromatic heterocycles. The Labute approximate surface area is 202 Å². The Morgan fingerprint density at radius 1 is 1.00 bits per heavy atom. The predicted molar refractivity (Wildman–Crippen MR) is 134 cm³/mol. The molecule has 2 N–H and O–H groups in total. The van der Waals surface area contributed by atoms with Crippen molar-refractivity contribution in [3.8, 4) is 11.3 Å². The molecular formula is C23H22Cl2N4O2S. The maximum absolute atomic E-state index is 12.5. The monoisotopic (exact) mass is 488 g/mol. The lowest BCUT2D eigenvalue weighted by Crippen LogP contribution is -2.44. The first kappa shape index (κ1) is 22.6. The van der Waals surface area contributed by atoms with Crippen LogP contribution in [0.4, 0.5) is 11.4 Å². The third kappa shape index (κ3) is 5.42. The average Bonchev–Trinajstić information content (AvgIpc) is 3.26. The van der Waals surface area contributed by atoms with Crippen LogP contribution in [-0.4, -0.2) is 49.1 Å². The van der Waals surface area contributed by atoms with Crippen molar-refractivity contribution in [1.29, 1.82) is 0 Å². The SMILES string of the molecule is CN1CCN(c2ccc(NC(=S)NC(=O)c3ccc(-c4ccc(Cl)cc4)o3)cc2Cl)CC1. The number of furan rings is 1. The molecule has 6 nitrogen and oxygen atoms in total. The van der Waals surface area contributed by atoms with Crippen LogP contribution in [-0.2, 0) is 0 Å². The van der Waals surface area contributed by atoms with E-state index in [1.807, 2.05) is 24.3 Å². The van der Waals surface area contributed by atoms with E-state index in [0.29, 0.717) is 21.5 Å². The number of halogens is 2. The Kier molecular flexibility index (Phi) is 7.01. The summed E-state index contributed by atoms with van der Waals surface area (Å²) >= 11 is 17.7. The van der Waals surface area contributed by atoms with Crippen LogP contribution >= 0.6 is 35.4 Å². The van der Waals surface area contributed by atoms with Crippen LogP contribution in [0.5, 0.6) is 0 Å². The van der Waals surface area contributed by atoms with Gasteiger partial charge < -0.3 is 19.5 Å². The molecule has 32 heavy (non-hydrogen) atoms. The highest BCUT2D eigenvalue weighted by molar-refractivity contribution is 7.80. The molecule has 4 rings (SSSR count). The molecule has 0 atom stereocenters. The van der Waals surface area contributed by atoms with Gasteiger partial charge in [-0.3, -0.25) is 10.1 Å². The number of hydrogen-bond acceptors (Lipinski definition) is 5. The summed E-state index contributed by atoms with van der Waals surface area (Å²) in [6, 6.07) is 16.2. The second-order valence-corrected chi connectivity index (χ2v) is 8.79. The number of likely N-dealkylation sites (N-methyl/N-ethyl adjacent to an activating group) is 1. The van der Waals surface area contributed by atoms with Crippen molar-refractivity contribution in [2.24, 2.45) is 0 Å². The maximum Gasteiger partial charge on any atom is 0.293 e. The first-order chi connectivity index (χ1) is 15.4. The first-order valence-electron chi connectivity index (χ1n) is 10.1. The Hall–Kier alpha value is -2.58. The molecule has 0 saturated carbocycles. The van der Waals surface area contributed by atoms with E-state index < -0.39 is 5.91 Å². The molecular weight excluding hydrogens is 467 g/mol. The van der Waals surface area contributed by atoms with Gasteiger partial charge in [0.05, 0.1) is 10.7 Å². The molecule has 166 valence electrons. The van der Waals surface area contributed by atoms with Gasteiger partial charge in [-0.1, -0.05) is 23.2 Å². The molecule has 2 heterocycles. The molecule has 9 heteroatoms. The summed E-state index contributed by atoms with van der Waals surface area (Å²) in [6.07, 6.45) is 0. The number of nitrogens with zero attached hydrogens (tertiary/aromatic N) is 2. The van der Waals surface area contributed by atoms with Crippen LogP contribution in [0.25, 0.3) is 11.3 Å². The highest BCUT2D eigenvalue weighted by atomic mass is 35.5. The molecule has 0 radical (unpaired) electrons. The molecule has 1 saturated heterocycles. The summed E-state index contributed by atoms with van der Waals surface area (Å²) in [5, 5.41) is 7.04. The summed E-state index contributed by atoms with van der Waals surface area (Å²) < 4.78 is 5.66. The third-order valence-electron chi connectivity index (χ3n) is 5.24. The molecule has 3 aromatic rings. The van der Waals surface area contributed by atoms with Crippen molar-refractivity contribution in [1.82, 2.24) is 10.2 Å². The Morgan fingerprint density at radius 3 is 2.41 bits per heavy atom. The van der Waals surface area contributed by atoms with Gasteiger partial charge in [0.25, 0.3) is 5.91 Å². The van der Waals surface area contributed by atoms with Crippen molar-refractivity contribution in [3.63, 3.8) is 0 Å². The second-order valence-electron chi connectivity index (χ2n) is 7.54. The average molecular weight is 489 g/mol. The summed E-state index contributed by atoms with van der Waals surface area (Å²) in [5.74, 6) is 0.280. The normalized spacial score (nSPS) is 14.3. The Morgan fingerprint density at radius 2 is 1.72 bits per heavy atom. The molecule has 0 aliphatic carbocycles. The zero-order chi connectivity index (χ0) is 22.7. The van der Waals surface area contributed by atoms with Crippen LogP contribution in [0.15, 0.2) is 59.0 Å². The van der Waals surface area contributed by atoms with Gasteiger partial charge in [0.2, 0.25) is 0 Å². The first-order valence-corrected chi connectivity index (χ1v) is 11.3. The number of carbonyl (C=O) groups is 1. The highest BCUT2D eigenvalue weighted by Gasteiger charge is 2.18. The van der Waals surface area contributed by atoms with Crippen molar-refractivity contribution < 1.29 is 9.21 Å². The number of piperazine rings is 1. The number of carbonyl (C=O) groups excluding carboxylic acids is 1. The van der Waals surface area contributed by atoms with Crippen LogP contribution in [0.2, 0.25) is 10.0 Å². The van der Waals surface area contributed by atoms with Gasteiger partial charge in [-0.2, -0.15) is 0 Å². The Bertz CT molecular complexity index is 1130. The summed E-state index contributed by atoms with van der Waals surface area (Å²) in [7, 11) is 2.11. The molecule has 1 fully saturated rings. The quantitative estimate of drug-likeness (QED) is 0.496. The van der Waals surface area contributed by atoms with Crippen molar-refractivity contribution in [2.75, 3.05) is 43.4 Å². The molecule has 0 bridgehead atoms. The minimum Gasteiger partial charge on any atom is -0.451 e. The van der Waals surface area contributed by atoms with Gasteiger partial charge in [-0.05, 0) is 73.9 Å². The van der Waals surface area contributed by atoms with Gasteiger partial charge in [0, 0.05) is 42.5 Å². The Balaban J connectivity index is 1.36. The lowest BCUT2D eigenvalue weighted by molar-refractivity contribution is 0.0951. The lowest BCUT2D eigenvalue weighted by Gasteiger charge is -2.34. The number of nitrogens with one attached hydrogen (secondary N) is 2. The van der Waals surface area contributed by atoms with E-state index in [2.05, 4.69) is 27.5 Å². The van der Waals surface area contributed by atoms with Crippen LogP contribution < -0.4 is 15.5 Å². The molecule has 0 unspecified atom stereocenters. The largest absolute Gasteiger partial charge is 0.451 e. The number of hydrogen-bond donors (Lipinski definition) is 2. The van der Waals surface area contributed by atoms with E-state index >= 15 is 0 Å². The van der Waals surface area contributed by atoms with Crippen molar-refractivity contribution in [3.05, 3.63) is 70.4 Å². The zero-order valence-corrected chi connectivity index (χ0v) is 19.7. The molecule has 2 aromatic carbocycles. The zero-order valence-electron chi connectivity index (χ0n) is 17.4. The molecule has 0 spiro atoms. The van der Waals surface area contributed by atoms with Crippen LogP contribution in [0, 0.1) is 0 Å². The topological polar surface area (TPSA) is 60.8 Å². The third-order valence-corrected chi connectivity index (χ3v) is 5.99. The second kappa shape index (κ2) is 9.92. The summed E-state index contributed by atoms with van der Waals surface area (Å²) in [6.45, 7) is 3.86. The highest BCUT2D eigenvalue weighted by Crippen LogP contribution is 2.29. The fraction of sp³-hybridized carbons (Fsp3) is 0.217. The predicted octanol–water partition coefficient (Wildman–Crippen LogP) is 5.13. The van der Waals surface area contributed by atoms with Crippen molar-refractivity contribution in [2.45, 2.75) is 0 Å². The van der Waals surface area contributed by atoms with E-state index in [-0.39, 0.29) is 10.9 Å². The number of anilines is 2. The lowest BCUT2D eigenvalue weighted by atomic mass is 10.2. The number of rotatable bonds is 4. The van der Waals surface area contributed by atoms with E-state index in [1.54, 1.807) is 30.3 Å². The fourth-order valence-electron chi connectivity index (χ4n) is 3.44. The number of amides is 1. The molecule has 1 aliphatic heterocycles. The molecule has 1 aliphatic rings. The van der Waals surface area contributed by atoms with Gasteiger partial charge >= 0.3 is 0 Å². The smallest absolute Gasteiger partial charge is 0.293 e. The summed E-state index contributed by atoms with van der Waals surface area (Å²) in [4.78, 5) is 17.1. The van der Waals surface area contributed by atoms with E-state index in [4.69, 9.17) is 39.8 Å².